The monoisotopic (exact) mass is 253 g/mol. The van der Waals surface area contributed by atoms with Crippen LogP contribution in [0.3, 0.4) is 0 Å². The third kappa shape index (κ3) is 4.06. The largest absolute Gasteiger partial charge is 0.591 e. The Labute approximate surface area is 106 Å². The van der Waals surface area contributed by atoms with Crippen molar-refractivity contribution in [1.29, 1.82) is 0 Å². The molecule has 4 heteroatoms. The SMILES string of the molecule is COc1ccc(C)cc1/C=N/[S+]([O-])C(C)(C)C. The van der Waals surface area contributed by atoms with Crippen LogP contribution in [0.5, 0.6) is 5.75 Å². The van der Waals surface area contributed by atoms with Gasteiger partial charge in [0.15, 0.2) is 0 Å². The number of aryl methyl sites for hydroxylation is 1. The summed E-state index contributed by atoms with van der Waals surface area (Å²) >= 11 is -1.24. The van der Waals surface area contributed by atoms with E-state index in [0.717, 1.165) is 16.9 Å². The second kappa shape index (κ2) is 5.56. The van der Waals surface area contributed by atoms with Crippen LogP contribution < -0.4 is 4.74 Å². The van der Waals surface area contributed by atoms with Crippen molar-refractivity contribution in [3.63, 3.8) is 0 Å². The lowest BCUT2D eigenvalue weighted by Crippen LogP contribution is -2.25. The molecule has 1 unspecified atom stereocenters. The predicted octanol–water partition coefficient (Wildman–Crippen LogP) is 2.88. The van der Waals surface area contributed by atoms with Gasteiger partial charge in [0.05, 0.1) is 13.3 Å². The molecular formula is C13H19NO2S. The van der Waals surface area contributed by atoms with Crippen molar-refractivity contribution in [2.75, 3.05) is 7.11 Å². The van der Waals surface area contributed by atoms with E-state index in [0.29, 0.717) is 0 Å². The summed E-state index contributed by atoms with van der Waals surface area (Å²) in [4.78, 5) is 0. The van der Waals surface area contributed by atoms with Crippen molar-refractivity contribution in [3.8, 4) is 5.75 Å². The molecule has 0 saturated heterocycles. The molecule has 0 spiro atoms. The summed E-state index contributed by atoms with van der Waals surface area (Å²) in [5.41, 5.74) is 1.97. The number of ether oxygens (including phenoxy) is 1. The molecule has 3 nitrogen and oxygen atoms in total. The summed E-state index contributed by atoms with van der Waals surface area (Å²) in [7, 11) is 1.61. The number of rotatable bonds is 3. The lowest BCUT2D eigenvalue weighted by atomic mass is 10.1. The van der Waals surface area contributed by atoms with Crippen LogP contribution in [0.2, 0.25) is 0 Å². The Balaban J connectivity index is 2.94. The van der Waals surface area contributed by atoms with Crippen LogP contribution in [0.25, 0.3) is 0 Å². The predicted molar refractivity (Wildman–Crippen MR) is 73.2 cm³/mol. The van der Waals surface area contributed by atoms with Gasteiger partial charge in [-0.3, -0.25) is 0 Å². The van der Waals surface area contributed by atoms with Gasteiger partial charge in [0.2, 0.25) is 0 Å². The highest BCUT2D eigenvalue weighted by Crippen LogP contribution is 2.20. The van der Waals surface area contributed by atoms with Gasteiger partial charge in [-0.25, -0.2) is 0 Å². The van der Waals surface area contributed by atoms with Crippen molar-refractivity contribution >= 4 is 17.6 Å². The fraction of sp³-hybridized carbons (Fsp3) is 0.462. The topological polar surface area (TPSA) is 44.6 Å². The highest BCUT2D eigenvalue weighted by Gasteiger charge is 2.25. The van der Waals surface area contributed by atoms with Crippen molar-refractivity contribution in [2.45, 2.75) is 32.4 Å². The van der Waals surface area contributed by atoms with Gasteiger partial charge in [-0.1, -0.05) is 16.0 Å². The molecule has 94 valence electrons. The fourth-order valence-corrected chi connectivity index (χ4v) is 1.74. The maximum Gasteiger partial charge on any atom is 0.144 e. The normalized spacial score (nSPS) is 14.0. The molecule has 0 amide bonds. The van der Waals surface area contributed by atoms with E-state index in [4.69, 9.17) is 4.74 Å². The average Bonchev–Trinajstić information content (AvgIpc) is 2.24. The minimum atomic E-state index is -1.24. The summed E-state index contributed by atoms with van der Waals surface area (Å²) in [6.45, 7) is 7.69. The minimum Gasteiger partial charge on any atom is -0.591 e. The number of nitrogens with zero attached hydrogens (tertiary/aromatic N) is 1. The van der Waals surface area contributed by atoms with Crippen LogP contribution >= 0.6 is 0 Å². The Morgan fingerprint density at radius 2 is 2.00 bits per heavy atom. The third-order valence-corrected chi connectivity index (χ3v) is 3.54. The summed E-state index contributed by atoms with van der Waals surface area (Å²) < 4.78 is 20.8. The molecule has 0 heterocycles. The van der Waals surface area contributed by atoms with Crippen molar-refractivity contribution < 1.29 is 9.29 Å². The Morgan fingerprint density at radius 3 is 2.53 bits per heavy atom. The van der Waals surface area contributed by atoms with E-state index in [1.807, 2.05) is 45.9 Å². The number of benzene rings is 1. The average molecular weight is 253 g/mol. The van der Waals surface area contributed by atoms with E-state index in [1.54, 1.807) is 13.3 Å². The lowest BCUT2D eigenvalue weighted by Gasteiger charge is -2.17. The highest BCUT2D eigenvalue weighted by molar-refractivity contribution is 7.91. The van der Waals surface area contributed by atoms with Crippen molar-refractivity contribution in [3.05, 3.63) is 29.3 Å². The maximum absolute atomic E-state index is 11.8. The first kappa shape index (κ1) is 14.1. The summed E-state index contributed by atoms with van der Waals surface area (Å²) in [5, 5.41) is 0. The summed E-state index contributed by atoms with van der Waals surface area (Å²) in [6.07, 6.45) is 1.62. The molecule has 1 aromatic rings. The van der Waals surface area contributed by atoms with E-state index in [2.05, 4.69) is 4.40 Å². The van der Waals surface area contributed by atoms with Gasteiger partial charge >= 0.3 is 0 Å². The van der Waals surface area contributed by atoms with E-state index in [-0.39, 0.29) is 4.75 Å². The van der Waals surface area contributed by atoms with Gasteiger partial charge in [-0.2, -0.15) is 0 Å². The van der Waals surface area contributed by atoms with Gasteiger partial charge in [0.1, 0.15) is 21.9 Å². The zero-order chi connectivity index (χ0) is 13.1. The van der Waals surface area contributed by atoms with Gasteiger partial charge in [-0.15, -0.1) is 0 Å². The number of hydrogen-bond acceptors (Lipinski definition) is 3. The zero-order valence-corrected chi connectivity index (χ0v) is 11.8. The van der Waals surface area contributed by atoms with Gasteiger partial charge < -0.3 is 9.29 Å². The molecule has 0 aliphatic rings. The second-order valence-electron chi connectivity index (χ2n) is 4.84. The molecule has 0 radical (unpaired) electrons. The Morgan fingerprint density at radius 1 is 1.35 bits per heavy atom. The molecule has 0 fully saturated rings. The third-order valence-electron chi connectivity index (χ3n) is 2.20. The van der Waals surface area contributed by atoms with E-state index in [1.165, 1.54) is 0 Å². The molecule has 0 aliphatic carbocycles. The first-order chi connectivity index (χ1) is 7.84. The van der Waals surface area contributed by atoms with Crippen molar-refractivity contribution in [2.24, 2.45) is 4.40 Å². The minimum absolute atomic E-state index is 0.340. The zero-order valence-electron chi connectivity index (χ0n) is 11.0. The van der Waals surface area contributed by atoms with Crippen LogP contribution in [-0.2, 0) is 11.4 Å². The standard InChI is InChI=1S/C13H19NO2S/c1-10-6-7-12(16-5)11(8-10)9-14-17(15)13(2,3)4/h6-9H,1-5H3/b14-9+. The number of methoxy groups -OCH3 is 1. The van der Waals surface area contributed by atoms with Crippen LogP contribution in [0.1, 0.15) is 31.9 Å². The van der Waals surface area contributed by atoms with Gasteiger partial charge in [-0.05, 0) is 39.8 Å². The van der Waals surface area contributed by atoms with E-state index in [9.17, 15) is 4.55 Å². The van der Waals surface area contributed by atoms with Gasteiger partial charge in [0, 0.05) is 5.56 Å². The first-order valence-corrected chi connectivity index (χ1v) is 6.56. The summed E-state index contributed by atoms with van der Waals surface area (Å²) in [5.74, 6) is 0.741. The Bertz CT molecular complexity index is 410. The van der Waals surface area contributed by atoms with Crippen LogP contribution in [-0.4, -0.2) is 22.6 Å². The second-order valence-corrected chi connectivity index (χ2v) is 6.78. The highest BCUT2D eigenvalue weighted by atomic mass is 32.2. The van der Waals surface area contributed by atoms with Gasteiger partial charge in [0.25, 0.3) is 0 Å². The quantitative estimate of drug-likeness (QED) is 0.614. The van der Waals surface area contributed by atoms with E-state index < -0.39 is 11.4 Å². The molecule has 17 heavy (non-hydrogen) atoms. The van der Waals surface area contributed by atoms with Crippen LogP contribution in [0.15, 0.2) is 22.6 Å². The molecule has 0 aromatic heterocycles. The first-order valence-electron chi connectivity index (χ1n) is 5.45. The molecular weight excluding hydrogens is 234 g/mol. The lowest BCUT2D eigenvalue weighted by molar-refractivity contribution is 0.414. The molecule has 0 N–H and O–H groups in total. The Hall–Kier alpha value is -1.00. The summed E-state index contributed by atoms with van der Waals surface area (Å²) in [6, 6.07) is 5.82. The molecule has 1 aromatic carbocycles. The molecule has 1 atom stereocenters. The fourth-order valence-electron chi connectivity index (χ4n) is 1.22. The number of hydrogen-bond donors (Lipinski definition) is 0. The molecule has 0 saturated carbocycles. The molecule has 1 rings (SSSR count). The maximum atomic E-state index is 11.8. The van der Waals surface area contributed by atoms with Crippen LogP contribution in [0, 0.1) is 6.92 Å². The van der Waals surface area contributed by atoms with E-state index >= 15 is 0 Å². The Kier molecular flexibility index (Phi) is 4.60. The molecule has 0 aliphatic heterocycles. The van der Waals surface area contributed by atoms with Crippen molar-refractivity contribution in [1.82, 2.24) is 0 Å². The molecule has 0 bridgehead atoms. The smallest absolute Gasteiger partial charge is 0.144 e. The van der Waals surface area contributed by atoms with Crippen LogP contribution in [0.4, 0.5) is 0 Å².